The molecular formula is C13H8BrCl2FO. The highest BCUT2D eigenvalue weighted by molar-refractivity contribution is 9.10. The number of benzene rings is 2. The summed E-state index contributed by atoms with van der Waals surface area (Å²) in [6.45, 7) is 0. The number of rotatable bonds is 3. The molecule has 0 atom stereocenters. The van der Waals surface area contributed by atoms with Crippen LogP contribution < -0.4 is 4.74 Å². The van der Waals surface area contributed by atoms with Crippen LogP contribution >= 0.6 is 39.1 Å². The largest absolute Gasteiger partial charge is 0.455 e. The number of hydrogen-bond donors (Lipinski definition) is 0. The second-order valence-electron chi connectivity index (χ2n) is 3.53. The van der Waals surface area contributed by atoms with Gasteiger partial charge in [-0.3, -0.25) is 0 Å². The van der Waals surface area contributed by atoms with E-state index >= 15 is 0 Å². The van der Waals surface area contributed by atoms with Gasteiger partial charge in [-0.1, -0.05) is 33.6 Å². The van der Waals surface area contributed by atoms with Crippen LogP contribution in [0.4, 0.5) is 4.39 Å². The Morgan fingerprint density at radius 1 is 1.17 bits per heavy atom. The highest BCUT2D eigenvalue weighted by atomic mass is 79.9. The minimum atomic E-state index is -0.393. The van der Waals surface area contributed by atoms with Crippen LogP contribution in [0.25, 0.3) is 0 Å². The summed E-state index contributed by atoms with van der Waals surface area (Å²) in [5, 5.41) is 0.439. The molecule has 0 fully saturated rings. The molecule has 0 aromatic heterocycles. The first kappa shape index (κ1) is 13.7. The smallest absolute Gasteiger partial charge is 0.146 e. The standard InChI is InChI=1S/C13H8BrCl2FO/c14-8-4-5-13(10(16)6-8)18-12-3-1-2-11(17)9(12)7-15/h1-6H,7H2. The van der Waals surface area contributed by atoms with E-state index < -0.39 is 5.82 Å². The molecule has 2 aromatic carbocycles. The van der Waals surface area contributed by atoms with Crippen LogP contribution in [0.3, 0.4) is 0 Å². The van der Waals surface area contributed by atoms with Gasteiger partial charge in [-0.05, 0) is 30.3 Å². The predicted octanol–water partition coefficient (Wildman–Crippen LogP) is 5.77. The summed E-state index contributed by atoms with van der Waals surface area (Å²) in [4.78, 5) is 0. The van der Waals surface area contributed by atoms with Gasteiger partial charge in [0.1, 0.15) is 17.3 Å². The molecule has 2 aromatic rings. The van der Waals surface area contributed by atoms with E-state index in [1.807, 2.05) is 0 Å². The summed E-state index contributed by atoms with van der Waals surface area (Å²) in [5.41, 5.74) is 0.318. The van der Waals surface area contributed by atoms with E-state index in [0.717, 1.165) is 4.47 Å². The molecule has 94 valence electrons. The summed E-state index contributed by atoms with van der Waals surface area (Å²) in [6.07, 6.45) is 0. The Labute approximate surface area is 123 Å². The zero-order valence-electron chi connectivity index (χ0n) is 9.09. The van der Waals surface area contributed by atoms with E-state index in [0.29, 0.717) is 22.1 Å². The molecule has 0 heterocycles. The van der Waals surface area contributed by atoms with Gasteiger partial charge >= 0.3 is 0 Å². The van der Waals surface area contributed by atoms with Gasteiger partial charge in [-0.25, -0.2) is 4.39 Å². The molecule has 1 nitrogen and oxygen atoms in total. The summed E-state index contributed by atoms with van der Waals surface area (Å²) in [5.74, 6) is 0.470. The quantitative estimate of drug-likeness (QED) is 0.639. The zero-order valence-corrected chi connectivity index (χ0v) is 12.2. The average molecular weight is 350 g/mol. The van der Waals surface area contributed by atoms with E-state index in [-0.39, 0.29) is 5.88 Å². The molecule has 0 radical (unpaired) electrons. The minimum absolute atomic E-state index is 0.0379. The molecule has 0 saturated heterocycles. The molecule has 0 spiro atoms. The van der Waals surface area contributed by atoms with Gasteiger partial charge in [-0.15, -0.1) is 11.6 Å². The third kappa shape index (κ3) is 2.97. The van der Waals surface area contributed by atoms with Crippen LogP contribution in [-0.2, 0) is 5.88 Å². The van der Waals surface area contributed by atoms with E-state index in [1.165, 1.54) is 6.07 Å². The fourth-order valence-electron chi connectivity index (χ4n) is 1.44. The predicted molar refractivity (Wildman–Crippen MR) is 75.2 cm³/mol. The van der Waals surface area contributed by atoms with Gasteiger partial charge < -0.3 is 4.74 Å². The lowest BCUT2D eigenvalue weighted by Crippen LogP contribution is -1.93. The van der Waals surface area contributed by atoms with Crippen LogP contribution in [0.2, 0.25) is 5.02 Å². The molecular weight excluding hydrogens is 342 g/mol. The van der Waals surface area contributed by atoms with Crippen molar-refractivity contribution in [3.05, 3.63) is 57.3 Å². The second-order valence-corrected chi connectivity index (χ2v) is 5.12. The molecule has 0 unspecified atom stereocenters. The normalized spacial score (nSPS) is 10.4. The first-order chi connectivity index (χ1) is 8.61. The fraction of sp³-hybridized carbons (Fsp3) is 0.0769. The lowest BCUT2D eigenvalue weighted by atomic mass is 10.2. The van der Waals surface area contributed by atoms with Crippen LogP contribution in [0.15, 0.2) is 40.9 Å². The van der Waals surface area contributed by atoms with Crippen molar-refractivity contribution in [2.75, 3.05) is 0 Å². The Morgan fingerprint density at radius 3 is 2.61 bits per heavy atom. The number of alkyl halides is 1. The molecule has 0 amide bonds. The Balaban J connectivity index is 2.37. The topological polar surface area (TPSA) is 9.23 Å². The minimum Gasteiger partial charge on any atom is -0.455 e. The van der Waals surface area contributed by atoms with Gasteiger partial charge in [0, 0.05) is 10.0 Å². The average Bonchev–Trinajstić information content (AvgIpc) is 2.33. The Hall–Kier alpha value is -0.770. The van der Waals surface area contributed by atoms with Crippen LogP contribution in [0.1, 0.15) is 5.56 Å². The molecule has 0 saturated carbocycles. The molecule has 0 bridgehead atoms. The van der Waals surface area contributed by atoms with Crippen molar-refractivity contribution in [3.8, 4) is 11.5 Å². The third-order valence-electron chi connectivity index (χ3n) is 2.32. The lowest BCUT2D eigenvalue weighted by molar-refractivity contribution is 0.470. The maximum absolute atomic E-state index is 13.5. The zero-order chi connectivity index (χ0) is 13.1. The van der Waals surface area contributed by atoms with Gasteiger partial charge in [0.05, 0.1) is 10.9 Å². The fourth-order valence-corrected chi connectivity index (χ4v) is 2.41. The first-order valence-electron chi connectivity index (χ1n) is 5.08. The number of hydrogen-bond acceptors (Lipinski definition) is 1. The summed E-state index contributed by atoms with van der Waals surface area (Å²) in [7, 11) is 0. The highest BCUT2D eigenvalue weighted by Gasteiger charge is 2.11. The molecule has 0 aliphatic carbocycles. The second kappa shape index (κ2) is 5.91. The Kier molecular flexibility index (Phi) is 4.49. The maximum Gasteiger partial charge on any atom is 0.146 e. The number of ether oxygens (including phenoxy) is 1. The van der Waals surface area contributed by atoms with Gasteiger partial charge in [0.15, 0.2) is 0 Å². The van der Waals surface area contributed by atoms with Crippen molar-refractivity contribution in [2.24, 2.45) is 0 Å². The van der Waals surface area contributed by atoms with E-state index in [1.54, 1.807) is 30.3 Å². The van der Waals surface area contributed by atoms with Crippen LogP contribution in [0.5, 0.6) is 11.5 Å². The first-order valence-corrected chi connectivity index (χ1v) is 6.78. The van der Waals surface area contributed by atoms with Crippen molar-refractivity contribution < 1.29 is 9.13 Å². The molecule has 0 N–H and O–H groups in total. The van der Waals surface area contributed by atoms with Crippen molar-refractivity contribution in [1.82, 2.24) is 0 Å². The van der Waals surface area contributed by atoms with Gasteiger partial charge in [0.25, 0.3) is 0 Å². The summed E-state index contributed by atoms with van der Waals surface area (Å²) < 4.78 is 19.9. The van der Waals surface area contributed by atoms with Crippen molar-refractivity contribution >= 4 is 39.1 Å². The van der Waals surface area contributed by atoms with Crippen molar-refractivity contribution in [2.45, 2.75) is 5.88 Å². The van der Waals surface area contributed by atoms with Crippen molar-refractivity contribution in [1.29, 1.82) is 0 Å². The molecule has 0 aliphatic heterocycles. The summed E-state index contributed by atoms with van der Waals surface area (Å²) in [6, 6.07) is 9.76. The molecule has 2 rings (SSSR count). The lowest BCUT2D eigenvalue weighted by Gasteiger charge is -2.11. The van der Waals surface area contributed by atoms with Gasteiger partial charge in [0.2, 0.25) is 0 Å². The maximum atomic E-state index is 13.5. The Morgan fingerprint density at radius 2 is 1.94 bits per heavy atom. The van der Waals surface area contributed by atoms with E-state index in [9.17, 15) is 4.39 Å². The third-order valence-corrected chi connectivity index (χ3v) is 3.38. The van der Waals surface area contributed by atoms with Crippen LogP contribution in [-0.4, -0.2) is 0 Å². The molecule has 18 heavy (non-hydrogen) atoms. The van der Waals surface area contributed by atoms with Crippen LogP contribution in [0, 0.1) is 5.82 Å². The molecule has 5 heteroatoms. The van der Waals surface area contributed by atoms with Gasteiger partial charge in [-0.2, -0.15) is 0 Å². The van der Waals surface area contributed by atoms with E-state index in [4.69, 9.17) is 27.9 Å². The Bertz CT molecular complexity index is 575. The number of halogens is 4. The highest BCUT2D eigenvalue weighted by Crippen LogP contribution is 2.34. The summed E-state index contributed by atoms with van der Waals surface area (Å²) >= 11 is 15.0. The SMILES string of the molecule is Fc1cccc(Oc2ccc(Br)cc2Cl)c1CCl. The molecule has 0 aliphatic rings. The van der Waals surface area contributed by atoms with E-state index in [2.05, 4.69) is 15.9 Å². The van der Waals surface area contributed by atoms with Crippen molar-refractivity contribution in [3.63, 3.8) is 0 Å². The monoisotopic (exact) mass is 348 g/mol.